The standard InChI is InChI=1S/C14H18O2/c1-9(2)11-3-4-12-5-10(7-14(15)16)6-13(12)8-11/h3-4,8-10H,5-7H2,1-2H3,(H,15,16). The molecule has 0 fully saturated rings. The molecule has 1 aliphatic carbocycles. The minimum Gasteiger partial charge on any atom is -0.481 e. The third kappa shape index (κ3) is 2.26. The number of carboxylic acids is 1. The lowest BCUT2D eigenvalue weighted by atomic mass is 9.98. The highest BCUT2D eigenvalue weighted by Gasteiger charge is 2.23. The fraction of sp³-hybridized carbons (Fsp3) is 0.500. The van der Waals surface area contributed by atoms with E-state index in [0.29, 0.717) is 18.3 Å². The van der Waals surface area contributed by atoms with E-state index in [1.54, 1.807) is 0 Å². The maximum absolute atomic E-state index is 10.7. The van der Waals surface area contributed by atoms with Gasteiger partial charge in [-0.25, -0.2) is 0 Å². The highest BCUT2D eigenvalue weighted by atomic mass is 16.4. The van der Waals surface area contributed by atoms with E-state index in [4.69, 9.17) is 5.11 Å². The van der Waals surface area contributed by atoms with Crippen molar-refractivity contribution in [2.45, 2.75) is 39.0 Å². The molecule has 1 N–H and O–H groups in total. The minimum atomic E-state index is -0.679. The molecular formula is C14H18O2. The summed E-state index contributed by atoms with van der Waals surface area (Å²) in [6.45, 7) is 4.37. The smallest absolute Gasteiger partial charge is 0.303 e. The largest absolute Gasteiger partial charge is 0.481 e. The van der Waals surface area contributed by atoms with Gasteiger partial charge in [0.15, 0.2) is 0 Å². The van der Waals surface area contributed by atoms with Gasteiger partial charge in [-0.05, 0) is 41.4 Å². The summed E-state index contributed by atoms with van der Waals surface area (Å²) in [4.78, 5) is 10.7. The number of hydrogen-bond donors (Lipinski definition) is 1. The molecule has 0 saturated heterocycles. The minimum absolute atomic E-state index is 0.297. The van der Waals surface area contributed by atoms with Gasteiger partial charge in [-0.1, -0.05) is 32.0 Å². The molecule has 1 aliphatic rings. The Labute approximate surface area is 96.3 Å². The molecule has 1 atom stereocenters. The average molecular weight is 218 g/mol. The number of rotatable bonds is 3. The normalized spacial score (nSPS) is 18.8. The third-order valence-electron chi connectivity index (χ3n) is 3.38. The van der Waals surface area contributed by atoms with Crippen molar-refractivity contribution in [2.75, 3.05) is 0 Å². The van der Waals surface area contributed by atoms with Crippen LogP contribution in [0.5, 0.6) is 0 Å². The van der Waals surface area contributed by atoms with Crippen molar-refractivity contribution in [2.24, 2.45) is 5.92 Å². The Morgan fingerprint density at radius 1 is 1.38 bits per heavy atom. The van der Waals surface area contributed by atoms with Gasteiger partial charge in [-0.2, -0.15) is 0 Å². The third-order valence-corrected chi connectivity index (χ3v) is 3.38. The molecule has 1 aromatic carbocycles. The predicted octanol–water partition coefficient (Wildman–Crippen LogP) is 3.00. The van der Waals surface area contributed by atoms with Gasteiger partial charge in [-0.3, -0.25) is 4.79 Å². The van der Waals surface area contributed by atoms with Gasteiger partial charge < -0.3 is 5.11 Å². The monoisotopic (exact) mass is 218 g/mol. The van der Waals surface area contributed by atoms with Crippen LogP contribution in [0.25, 0.3) is 0 Å². The van der Waals surface area contributed by atoms with Crippen molar-refractivity contribution in [3.8, 4) is 0 Å². The van der Waals surface area contributed by atoms with E-state index < -0.39 is 5.97 Å². The first-order valence-electron chi connectivity index (χ1n) is 5.89. The summed E-state index contributed by atoms with van der Waals surface area (Å²) in [6.07, 6.45) is 2.16. The van der Waals surface area contributed by atoms with Crippen LogP contribution in [0.3, 0.4) is 0 Å². The molecule has 0 heterocycles. The number of benzene rings is 1. The van der Waals surface area contributed by atoms with Gasteiger partial charge >= 0.3 is 5.97 Å². The van der Waals surface area contributed by atoms with Crippen molar-refractivity contribution >= 4 is 5.97 Å². The van der Waals surface area contributed by atoms with Crippen LogP contribution < -0.4 is 0 Å². The number of fused-ring (bicyclic) bond motifs is 1. The van der Waals surface area contributed by atoms with Crippen LogP contribution in [0, 0.1) is 5.92 Å². The molecule has 2 rings (SSSR count). The summed E-state index contributed by atoms with van der Waals surface area (Å²) in [5, 5.41) is 8.80. The second-order valence-electron chi connectivity index (χ2n) is 5.05. The highest BCUT2D eigenvalue weighted by Crippen LogP contribution is 2.31. The molecule has 0 aliphatic heterocycles. The Kier molecular flexibility index (Phi) is 2.99. The quantitative estimate of drug-likeness (QED) is 0.846. The van der Waals surface area contributed by atoms with E-state index in [1.165, 1.54) is 16.7 Å². The van der Waals surface area contributed by atoms with Gasteiger partial charge in [0.05, 0.1) is 0 Å². The molecule has 2 nitrogen and oxygen atoms in total. The van der Waals surface area contributed by atoms with Gasteiger partial charge in [-0.15, -0.1) is 0 Å². The summed E-state index contributed by atoms with van der Waals surface area (Å²) >= 11 is 0. The molecule has 0 spiro atoms. The number of hydrogen-bond acceptors (Lipinski definition) is 1. The lowest BCUT2D eigenvalue weighted by molar-refractivity contribution is -0.138. The van der Waals surface area contributed by atoms with Crippen molar-refractivity contribution in [1.29, 1.82) is 0 Å². The molecular weight excluding hydrogens is 200 g/mol. The van der Waals surface area contributed by atoms with Crippen LogP contribution in [0.2, 0.25) is 0 Å². The molecule has 0 saturated carbocycles. The lowest BCUT2D eigenvalue weighted by Crippen LogP contribution is -2.07. The van der Waals surface area contributed by atoms with Crippen molar-refractivity contribution in [1.82, 2.24) is 0 Å². The zero-order chi connectivity index (χ0) is 11.7. The topological polar surface area (TPSA) is 37.3 Å². The lowest BCUT2D eigenvalue weighted by Gasteiger charge is -2.07. The Hall–Kier alpha value is -1.31. The van der Waals surface area contributed by atoms with E-state index in [1.807, 2.05) is 0 Å². The molecule has 1 unspecified atom stereocenters. The van der Waals surface area contributed by atoms with Crippen LogP contribution in [-0.4, -0.2) is 11.1 Å². The summed E-state index contributed by atoms with van der Waals surface area (Å²) in [5.74, 6) is 0.167. The molecule has 86 valence electrons. The SMILES string of the molecule is CC(C)c1ccc2c(c1)CC(CC(=O)O)C2. The maximum atomic E-state index is 10.7. The molecule has 0 amide bonds. The number of aliphatic carboxylic acids is 1. The van der Waals surface area contributed by atoms with Crippen molar-refractivity contribution in [3.63, 3.8) is 0 Å². The van der Waals surface area contributed by atoms with E-state index in [2.05, 4.69) is 32.0 Å². The summed E-state index contributed by atoms with van der Waals surface area (Å²) in [6, 6.07) is 6.60. The fourth-order valence-corrected chi connectivity index (χ4v) is 2.48. The van der Waals surface area contributed by atoms with Crippen LogP contribution in [0.4, 0.5) is 0 Å². The molecule has 1 aromatic rings. The van der Waals surface area contributed by atoms with E-state index >= 15 is 0 Å². The number of carbonyl (C=O) groups is 1. The first kappa shape index (κ1) is 11.2. The van der Waals surface area contributed by atoms with Gasteiger partial charge in [0, 0.05) is 6.42 Å². The zero-order valence-electron chi connectivity index (χ0n) is 9.86. The molecule has 0 aromatic heterocycles. The predicted molar refractivity (Wildman–Crippen MR) is 63.7 cm³/mol. The van der Waals surface area contributed by atoms with Gasteiger partial charge in [0.1, 0.15) is 0 Å². The molecule has 16 heavy (non-hydrogen) atoms. The first-order chi connectivity index (χ1) is 7.56. The van der Waals surface area contributed by atoms with Crippen LogP contribution in [0.15, 0.2) is 18.2 Å². The van der Waals surface area contributed by atoms with Gasteiger partial charge in [0.25, 0.3) is 0 Å². The van der Waals surface area contributed by atoms with Gasteiger partial charge in [0.2, 0.25) is 0 Å². The Bertz CT molecular complexity index is 407. The second kappa shape index (κ2) is 4.28. The zero-order valence-corrected chi connectivity index (χ0v) is 9.86. The summed E-state index contributed by atoms with van der Waals surface area (Å²) in [7, 11) is 0. The molecule has 2 heteroatoms. The maximum Gasteiger partial charge on any atom is 0.303 e. The highest BCUT2D eigenvalue weighted by molar-refractivity contribution is 5.67. The van der Waals surface area contributed by atoms with Crippen molar-refractivity contribution in [3.05, 3.63) is 34.9 Å². The fourth-order valence-electron chi connectivity index (χ4n) is 2.48. The molecule has 0 radical (unpaired) electrons. The molecule has 0 bridgehead atoms. The Morgan fingerprint density at radius 3 is 2.69 bits per heavy atom. The van der Waals surface area contributed by atoms with E-state index in [0.717, 1.165) is 12.8 Å². The van der Waals surface area contributed by atoms with Crippen molar-refractivity contribution < 1.29 is 9.90 Å². The Morgan fingerprint density at radius 2 is 2.06 bits per heavy atom. The van der Waals surface area contributed by atoms with Crippen LogP contribution in [-0.2, 0) is 17.6 Å². The number of carboxylic acid groups (broad SMARTS) is 1. The van der Waals surface area contributed by atoms with E-state index in [9.17, 15) is 4.79 Å². The second-order valence-corrected chi connectivity index (χ2v) is 5.05. The summed E-state index contributed by atoms with van der Waals surface area (Å²) in [5.41, 5.74) is 4.06. The average Bonchev–Trinajstić information content (AvgIpc) is 2.56. The van der Waals surface area contributed by atoms with E-state index in [-0.39, 0.29) is 0 Å². The first-order valence-corrected chi connectivity index (χ1v) is 5.89. The Balaban J connectivity index is 2.15. The van der Waals surface area contributed by atoms with Crippen LogP contribution in [0.1, 0.15) is 42.9 Å². The van der Waals surface area contributed by atoms with Crippen LogP contribution >= 0.6 is 0 Å². The summed E-state index contributed by atoms with van der Waals surface area (Å²) < 4.78 is 0.